The zero-order chi connectivity index (χ0) is 18.5. The van der Waals surface area contributed by atoms with E-state index in [1.807, 2.05) is 66.9 Å². The molecule has 2 aromatic carbocycles. The molecule has 5 nitrogen and oxygen atoms in total. The Morgan fingerprint density at radius 1 is 0.926 bits per heavy atom. The maximum Gasteiger partial charge on any atom is 0.227 e. The van der Waals surface area contributed by atoms with Crippen molar-refractivity contribution in [1.29, 1.82) is 0 Å². The highest BCUT2D eigenvalue weighted by Gasteiger charge is 2.18. The molecule has 1 fully saturated rings. The summed E-state index contributed by atoms with van der Waals surface area (Å²) in [5.41, 5.74) is 0.965. The first-order chi connectivity index (χ1) is 13.3. The summed E-state index contributed by atoms with van der Waals surface area (Å²) in [6, 6.07) is 19.5. The summed E-state index contributed by atoms with van der Waals surface area (Å²) in [6.45, 7) is 4.35. The number of aromatic nitrogens is 2. The third kappa shape index (κ3) is 4.56. The van der Waals surface area contributed by atoms with Gasteiger partial charge in [-0.2, -0.15) is 4.98 Å². The number of hydrogen-bond acceptors (Lipinski definition) is 5. The zero-order valence-corrected chi connectivity index (χ0v) is 15.5. The number of ether oxygens (including phenoxy) is 1. The Morgan fingerprint density at radius 2 is 1.63 bits per heavy atom. The molecule has 5 heteroatoms. The van der Waals surface area contributed by atoms with Gasteiger partial charge in [0.2, 0.25) is 5.95 Å². The van der Waals surface area contributed by atoms with Crippen LogP contribution in [0.4, 0.5) is 17.5 Å². The third-order valence-electron chi connectivity index (χ3n) is 4.81. The monoisotopic (exact) mass is 360 g/mol. The van der Waals surface area contributed by atoms with Gasteiger partial charge in [0.05, 0.1) is 0 Å². The summed E-state index contributed by atoms with van der Waals surface area (Å²) in [7, 11) is 0. The third-order valence-corrected chi connectivity index (χ3v) is 4.81. The molecule has 1 aliphatic heterocycles. The average Bonchev–Trinajstić information content (AvgIpc) is 2.71. The fourth-order valence-corrected chi connectivity index (χ4v) is 3.16. The molecule has 0 saturated carbocycles. The van der Waals surface area contributed by atoms with Gasteiger partial charge in [0.15, 0.2) is 0 Å². The van der Waals surface area contributed by atoms with E-state index < -0.39 is 0 Å². The van der Waals surface area contributed by atoms with Gasteiger partial charge in [0.1, 0.15) is 17.3 Å². The molecule has 138 valence electrons. The molecule has 0 atom stereocenters. The summed E-state index contributed by atoms with van der Waals surface area (Å²) < 4.78 is 5.83. The van der Waals surface area contributed by atoms with E-state index in [-0.39, 0.29) is 0 Å². The Hall–Kier alpha value is -3.08. The van der Waals surface area contributed by atoms with Gasteiger partial charge in [-0.05, 0) is 61.2 Å². The van der Waals surface area contributed by atoms with E-state index in [0.29, 0.717) is 0 Å². The second-order valence-electron chi connectivity index (χ2n) is 6.98. The molecule has 0 radical (unpaired) electrons. The van der Waals surface area contributed by atoms with Gasteiger partial charge in [-0.25, -0.2) is 4.98 Å². The van der Waals surface area contributed by atoms with E-state index in [4.69, 9.17) is 4.74 Å². The molecule has 1 saturated heterocycles. The second kappa shape index (κ2) is 8.08. The summed E-state index contributed by atoms with van der Waals surface area (Å²) in [6.07, 6.45) is 4.21. The van der Waals surface area contributed by atoms with E-state index in [0.717, 1.165) is 48.0 Å². The lowest BCUT2D eigenvalue weighted by molar-refractivity contribution is 0.434. The lowest BCUT2D eigenvalue weighted by Crippen LogP contribution is -2.34. The van der Waals surface area contributed by atoms with E-state index in [2.05, 4.69) is 27.1 Å². The van der Waals surface area contributed by atoms with E-state index in [9.17, 15) is 0 Å². The average molecular weight is 360 g/mol. The van der Waals surface area contributed by atoms with Gasteiger partial charge in [-0.15, -0.1) is 0 Å². The SMILES string of the molecule is CC1CCN(c2nccc(Nc3ccc(Oc4ccccc4)cc3)n2)CC1. The topological polar surface area (TPSA) is 50.3 Å². The molecule has 0 amide bonds. The van der Waals surface area contributed by atoms with Crippen LogP contribution in [0.1, 0.15) is 19.8 Å². The van der Waals surface area contributed by atoms with E-state index in [1.165, 1.54) is 12.8 Å². The molecule has 1 aliphatic rings. The van der Waals surface area contributed by atoms with Crippen molar-refractivity contribution < 1.29 is 4.74 Å². The van der Waals surface area contributed by atoms with Gasteiger partial charge in [0, 0.05) is 25.0 Å². The Bertz CT molecular complexity index is 859. The summed E-state index contributed by atoms with van der Waals surface area (Å²) in [5, 5.41) is 3.35. The summed E-state index contributed by atoms with van der Waals surface area (Å²) in [5.74, 6) is 4.03. The van der Waals surface area contributed by atoms with Crippen molar-refractivity contribution in [2.45, 2.75) is 19.8 Å². The fourth-order valence-electron chi connectivity index (χ4n) is 3.16. The zero-order valence-electron chi connectivity index (χ0n) is 15.5. The number of rotatable bonds is 5. The van der Waals surface area contributed by atoms with Crippen LogP contribution in [0, 0.1) is 5.92 Å². The van der Waals surface area contributed by atoms with Crippen molar-refractivity contribution in [3.63, 3.8) is 0 Å². The van der Waals surface area contributed by atoms with Crippen LogP contribution >= 0.6 is 0 Å². The fraction of sp³-hybridized carbons (Fsp3) is 0.273. The molecule has 0 bridgehead atoms. The maximum atomic E-state index is 5.83. The van der Waals surface area contributed by atoms with Crippen molar-refractivity contribution >= 4 is 17.5 Å². The van der Waals surface area contributed by atoms with Gasteiger partial charge in [-0.3, -0.25) is 0 Å². The number of nitrogens with zero attached hydrogens (tertiary/aromatic N) is 3. The molecule has 0 aliphatic carbocycles. The normalized spacial score (nSPS) is 14.8. The van der Waals surface area contributed by atoms with Gasteiger partial charge < -0.3 is 15.0 Å². The number of anilines is 3. The van der Waals surface area contributed by atoms with E-state index >= 15 is 0 Å². The smallest absolute Gasteiger partial charge is 0.227 e. The molecule has 0 spiro atoms. The van der Waals surface area contributed by atoms with Crippen LogP contribution < -0.4 is 15.0 Å². The standard InChI is InChI=1S/C22H24N4O/c1-17-12-15-26(16-13-17)22-23-14-11-21(25-22)24-18-7-9-20(10-8-18)27-19-5-3-2-4-6-19/h2-11,14,17H,12-13,15-16H2,1H3,(H,23,24,25). The van der Waals surface area contributed by atoms with Crippen LogP contribution in [0.15, 0.2) is 66.9 Å². The molecule has 2 heterocycles. The highest BCUT2D eigenvalue weighted by atomic mass is 16.5. The van der Waals surface area contributed by atoms with Gasteiger partial charge in [0.25, 0.3) is 0 Å². The predicted octanol–water partition coefficient (Wildman–Crippen LogP) is 5.25. The maximum absolute atomic E-state index is 5.83. The van der Waals surface area contributed by atoms with Crippen LogP contribution in [0.25, 0.3) is 0 Å². The molecule has 0 unspecified atom stereocenters. The van der Waals surface area contributed by atoms with Crippen molar-refractivity contribution in [2.75, 3.05) is 23.3 Å². The molecule has 1 N–H and O–H groups in total. The second-order valence-corrected chi connectivity index (χ2v) is 6.98. The van der Waals surface area contributed by atoms with Gasteiger partial charge >= 0.3 is 0 Å². The summed E-state index contributed by atoms with van der Waals surface area (Å²) in [4.78, 5) is 11.4. The predicted molar refractivity (Wildman–Crippen MR) is 109 cm³/mol. The molecule has 3 aromatic rings. The number of nitrogens with one attached hydrogen (secondary N) is 1. The van der Waals surface area contributed by atoms with Crippen molar-refractivity contribution in [2.24, 2.45) is 5.92 Å². The van der Waals surface area contributed by atoms with Crippen LogP contribution in [-0.2, 0) is 0 Å². The highest BCUT2D eigenvalue weighted by Crippen LogP contribution is 2.25. The minimum atomic E-state index is 0.791. The van der Waals surface area contributed by atoms with Crippen molar-refractivity contribution in [3.05, 3.63) is 66.9 Å². The minimum Gasteiger partial charge on any atom is -0.457 e. The molecular formula is C22H24N4O. The quantitative estimate of drug-likeness (QED) is 0.673. The molecule has 4 rings (SSSR count). The first-order valence-corrected chi connectivity index (χ1v) is 9.44. The van der Waals surface area contributed by atoms with Crippen LogP contribution in [0.5, 0.6) is 11.5 Å². The van der Waals surface area contributed by atoms with Crippen LogP contribution in [-0.4, -0.2) is 23.1 Å². The first kappa shape index (κ1) is 17.3. The number of hydrogen-bond donors (Lipinski definition) is 1. The lowest BCUT2D eigenvalue weighted by atomic mass is 10.00. The van der Waals surface area contributed by atoms with E-state index in [1.54, 1.807) is 0 Å². The van der Waals surface area contributed by atoms with Gasteiger partial charge in [-0.1, -0.05) is 25.1 Å². The van der Waals surface area contributed by atoms with Crippen LogP contribution in [0.2, 0.25) is 0 Å². The molecular weight excluding hydrogens is 336 g/mol. The largest absolute Gasteiger partial charge is 0.457 e. The highest BCUT2D eigenvalue weighted by molar-refractivity contribution is 5.58. The Kier molecular flexibility index (Phi) is 5.19. The minimum absolute atomic E-state index is 0.791. The Labute approximate surface area is 160 Å². The summed E-state index contributed by atoms with van der Waals surface area (Å²) >= 11 is 0. The number of benzene rings is 2. The Balaban J connectivity index is 1.41. The Morgan fingerprint density at radius 3 is 2.37 bits per heavy atom. The van der Waals surface area contributed by atoms with Crippen LogP contribution in [0.3, 0.4) is 0 Å². The first-order valence-electron chi connectivity index (χ1n) is 9.44. The number of para-hydroxylation sites is 1. The van der Waals surface area contributed by atoms with Crippen molar-refractivity contribution in [3.8, 4) is 11.5 Å². The lowest BCUT2D eigenvalue weighted by Gasteiger charge is -2.30. The number of piperidine rings is 1. The van der Waals surface area contributed by atoms with Crippen molar-refractivity contribution in [1.82, 2.24) is 9.97 Å². The molecule has 27 heavy (non-hydrogen) atoms. The molecule has 1 aromatic heterocycles.